The summed E-state index contributed by atoms with van der Waals surface area (Å²) in [5.74, 6) is -2.80. The molecule has 1 N–H and O–H groups in total. The number of hydrogen-bond acceptors (Lipinski definition) is 7. The molecule has 0 bridgehead atoms. The first-order chi connectivity index (χ1) is 17.2. The predicted octanol–water partition coefficient (Wildman–Crippen LogP) is 3.68. The Hall–Kier alpha value is -2.51. The predicted molar refractivity (Wildman–Crippen MR) is 127 cm³/mol. The van der Waals surface area contributed by atoms with Crippen molar-refractivity contribution >= 4 is 25.6 Å². The van der Waals surface area contributed by atoms with E-state index in [0.29, 0.717) is 11.3 Å². The largest absolute Gasteiger partial charge is 0.481 e. The van der Waals surface area contributed by atoms with Crippen molar-refractivity contribution in [3.05, 3.63) is 47.8 Å². The highest BCUT2D eigenvalue weighted by molar-refractivity contribution is 7.92. The van der Waals surface area contributed by atoms with Gasteiger partial charge in [0.1, 0.15) is 0 Å². The van der Waals surface area contributed by atoms with Crippen LogP contribution in [0.15, 0.2) is 41.4 Å². The van der Waals surface area contributed by atoms with Crippen molar-refractivity contribution in [2.24, 2.45) is 5.92 Å². The van der Waals surface area contributed by atoms with Crippen LogP contribution >= 0.6 is 0 Å². The molecule has 2 aromatic rings. The van der Waals surface area contributed by atoms with Crippen LogP contribution in [0, 0.1) is 12.8 Å². The molecule has 2 fully saturated rings. The molecule has 8 nitrogen and oxygen atoms in total. The molecule has 2 aliphatic rings. The molecule has 4 rings (SSSR count). The number of benzene rings is 1. The van der Waals surface area contributed by atoms with Gasteiger partial charge in [0.2, 0.25) is 0 Å². The van der Waals surface area contributed by atoms with Crippen LogP contribution in [0.5, 0.6) is 0 Å². The summed E-state index contributed by atoms with van der Waals surface area (Å²) in [5, 5.41) is 8.26. The van der Waals surface area contributed by atoms with Crippen LogP contribution < -0.4 is 0 Å². The fraction of sp³-hybridized carbons (Fsp3) is 0.500. The Morgan fingerprint density at radius 3 is 2.32 bits per heavy atom. The van der Waals surface area contributed by atoms with Crippen molar-refractivity contribution < 1.29 is 44.6 Å². The van der Waals surface area contributed by atoms with Crippen molar-refractivity contribution in [2.75, 3.05) is 11.5 Å². The maximum Gasteiger partial charge on any atom is 0.417 e. The van der Waals surface area contributed by atoms with E-state index in [1.807, 2.05) is 0 Å². The van der Waals surface area contributed by atoms with Gasteiger partial charge in [-0.15, -0.1) is 0 Å². The van der Waals surface area contributed by atoms with Crippen LogP contribution in [-0.2, 0) is 35.4 Å². The van der Waals surface area contributed by atoms with E-state index in [4.69, 9.17) is 4.74 Å². The molecule has 1 saturated heterocycles. The minimum atomic E-state index is -4.98. The van der Waals surface area contributed by atoms with Gasteiger partial charge in [0, 0.05) is 11.9 Å². The number of rotatable bonds is 6. The number of nitrogens with zero attached hydrogens (tertiary/aromatic N) is 1. The third-order valence-electron chi connectivity index (χ3n) is 6.91. The molecular formula is C24H26F3NO7S2. The monoisotopic (exact) mass is 561 g/mol. The number of alkyl halides is 3. The number of pyridine rings is 1. The smallest absolute Gasteiger partial charge is 0.417 e. The average molecular weight is 562 g/mol. The average Bonchev–Trinajstić information content (AvgIpc) is 3.24. The third kappa shape index (κ3) is 5.99. The van der Waals surface area contributed by atoms with E-state index in [9.17, 15) is 39.9 Å². The van der Waals surface area contributed by atoms with E-state index in [1.54, 1.807) is 13.0 Å². The summed E-state index contributed by atoms with van der Waals surface area (Å²) in [7, 11) is -7.79. The van der Waals surface area contributed by atoms with Gasteiger partial charge in [-0.2, -0.15) is 13.2 Å². The lowest BCUT2D eigenvalue weighted by Gasteiger charge is -2.27. The summed E-state index contributed by atoms with van der Waals surface area (Å²) in [5.41, 5.74) is -0.139. The molecule has 1 aliphatic heterocycles. The van der Waals surface area contributed by atoms with Gasteiger partial charge in [0.05, 0.1) is 45.3 Å². The summed E-state index contributed by atoms with van der Waals surface area (Å²) in [6, 6.07) is 6.08. The Kier molecular flexibility index (Phi) is 7.43. The van der Waals surface area contributed by atoms with Gasteiger partial charge in [-0.25, -0.2) is 16.8 Å². The normalized spacial score (nSPS) is 24.7. The van der Waals surface area contributed by atoms with Gasteiger partial charge in [-0.05, 0) is 68.0 Å². The van der Waals surface area contributed by atoms with Crippen molar-refractivity contribution in [1.29, 1.82) is 0 Å². The molecule has 0 radical (unpaired) electrons. The number of carboxylic acid groups (broad SMARTS) is 1. The Balaban J connectivity index is 1.64. The van der Waals surface area contributed by atoms with Gasteiger partial charge in [0.25, 0.3) is 0 Å². The molecule has 0 unspecified atom stereocenters. The van der Waals surface area contributed by atoms with Gasteiger partial charge in [-0.3, -0.25) is 9.78 Å². The Morgan fingerprint density at radius 2 is 1.73 bits per heavy atom. The van der Waals surface area contributed by atoms with Crippen LogP contribution in [0.2, 0.25) is 0 Å². The summed E-state index contributed by atoms with van der Waals surface area (Å²) in [6.07, 6.45) is -5.57. The molecule has 0 spiro atoms. The molecular weight excluding hydrogens is 535 g/mol. The first kappa shape index (κ1) is 27.5. The molecule has 1 aromatic heterocycles. The second-order valence-electron chi connectivity index (χ2n) is 9.50. The van der Waals surface area contributed by atoms with E-state index < -0.39 is 72.1 Å². The quantitative estimate of drug-likeness (QED) is 0.566. The van der Waals surface area contributed by atoms with Crippen LogP contribution in [0.25, 0.3) is 11.1 Å². The van der Waals surface area contributed by atoms with Gasteiger partial charge >= 0.3 is 12.1 Å². The van der Waals surface area contributed by atoms with Gasteiger partial charge in [-0.1, -0.05) is 6.07 Å². The maximum atomic E-state index is 14.0. The van der Waals surface area contributed by atoms with Crippen LogP contribution in [0.3, 0.4) is 0 Å². The number of halogens is 3. The molecule has 0 amide bonds. The summed E-state index contributed by atoms with van der Waals surface area (Å²) < 4.78 is 98.2. The van der Waals surface area contributed by atoms with Gasteiger partial charge in [0.15, 0.2) is 19.7 Å². The van der Waals surface area contributed by atoms with Gasteiger partial charge < -0.3 is 9.84 Å². The summed E-state index contributed by atoms with van der Waals surface area (Å²) in [6.45, 7) is 1.68. The molecule has 3 atom stereocenters. The number of ether oxygens (including phenoxy) is 1. The number of sulfone groups is 2. The molecule has 1 saturated carbocycles. The number of carbonyl (C=O) groups is 1. The van der Waals surface area contributed by atoms with E-state index in [1.165, 1.54) is 18.3 Å². The Labute approximate surface area is 212 Å². The number of aromatic nitrogens is 1. The number of hydrogen-bond donors (Lipinski definition) is 1. The lowest BCUT2D eigenvalue weighted by molar-refractivity contribution is -0.148. The molecule has 1 aromatic carbocycles. The van der Waals surface area contributed by atoms with Crippen molar-refractivity contribution in [2.45, 2.75) is 61.1 Å². The highest BCUT2D eigenvalue weighted by atomic mass is 32.2. The summed E-state index contributed by atoms with van der Waals surface area (Å²) >= 11 is 0. The zero-order valence-corrected chi connectivity index (χ0v) is 21.4. The highest BCUT2D eigenvalue weighted by Crippen LogP contribution is 2.42. The molecule has 1 aliphatic carbocycles. The van der Waals surface area contributed by atoms with E-state index in [-0.39, 0.29) is 36.3 Å². The maximum absolute atomic E-state index is 14.0. The fourth-order valence-corrected chi connectivity index (χ4v) is 8.40. The van der Waals surface area contributed by atoms with E-state index >= 15 is 0 Å². The zero-order valence-electron chi connectivity index (χ0n) is 19.8. The second kappa shape index (κ2) is 9.99. The van der Waals surface area contributed by atoms with E-state index in [0.717, 1.165) is 12.1 Å². The van der Waals surface area contributed by atoms with Crippen LogP contribution in [0.4, 0.5) is 13.2 Å². The minimum absolute atomic E-state index is 0.123. The standard InChI is InChI=1S/C24H26F3NO7S2/c1-14-10-16(4-7-28-14)15-2-3-22(20(11-15)24(25,26)27)37(33,34)18-12-19(23(29)30)21(13-18)35-17-5-8-36(31,32)9-6-17/h2-4,7,10-11,17-19,21H,5-6,8-9,12-13H2,1H3,(H,29,30)/t18-,19-,21-/m1/s1. The first-order valence-electron chi connectivity index (χ1n) is 11.6. The summed E-state index contributed by atoms with van der Waals surface area (Å²) in [4.78, 5) is 15.0. The first-order valence-corrected chi connectivity index (χ1v) is 15.0. The molecule has 2 heterocycles. The topological polar surface area (TPSA) is 128 Å². The van der Waals surface area contributed by atoms with E-state index in [2.05, 4.69) is 4.98 Å². The number of aryl methyl sites for hydroxylation is 1. The molecule has 37 heavy (non-hydrogen) atoms. The Morgan fingerprint density at radius 1 is 1.08 bits per heavy atom. The number of aliphatic carboxylic acids is 1. The van der Waals surface area contributed by atoms with Crippen molar-refractivity contribution in [1.82, 2.24) is 4.98 Å². The van der Waals surface area contributed by atoms with Crippen LogP contribution in [0.1, 0.15) is 36.9 Å². The SMILES string of the molecule is Cc1cc(-c2ccc(S(=O)(=O)[C@H]3C[C@@H](OC4CCS(=O)(=O)CC4)[C@H](C(=O)O)C3)c(C(F)(F)F)c2)ccn1. The van der Waals surface area contributed by atoms with Crippen LogP contribution in [-0.4, -0.2) is 61.9 Å². The minimum Gasteiger partial charge on any atom is -0.481 e. The Bertz CT molecular complexity index is 1390. The number of carboxylic acids is 1. The fourth-order valence-electron chi connectivity index (χ4n) is 4.95. The highest BCUT2D eigenvalue weighted by Gasteiger charge is 2.48. The third-order valence-corrected chi connectivity index (χ3v) is 10.9. The molecule has 202 valence electrons. The lowest BCUT2D eigenvalue weighted by Crippen LogP contribution is -2.35. The van der Waals surface area contributed by atoms with Crippen molar-refractivity contribution in [3.8, 4) is 11.1 Å². The molecule has 13 heteroatoms. The lowest BCUT2D eigenvalue weighted by atomic mass is 10.0. The zero-order chi connectivity index (χ0) is 27.2. The second-order valence-corrected chi connectivity index (χ2v) is 14.0. The van der Waals surface area contributed by atoms with Crippen molar-refractivity contribution in [3.63, 3.8) is 0 Å².